The van der Waals surface area contributed by atoms with Gasteiger partial charge in [0.25, 0.3) is 5.91 Å². The van der Waals surface area contributed by atoms with Crippen LogP contribution >= 0.6 is 0 Å². The molecule has 1 aromatic rings. The van der Waals surface area contributed by atoms with Gasteiger partial charge in [0.1, 0.15) is 6.04 Å². The molecule has 0 saturated carbocycles. The average Bonchev–Trinajstić information content (AvgIpc) is 2.67. The smallest absolute Gasteiger partial charge is 0.326 e. The highest BCUT2D eigenvalue weighted by molar-refractivity contribution is 5.95. The molecule has 2 saturated heterocycles. The molecule has 2 amide bonds. The van der Waals surface area contributed by atoms with Gasteiger partial charge >= 0.3 is 5.97 Å². The number of likely N-dealkylation sites (tertiary alicyclic amines) is 2. The monoisotopic (exact) mass is 372 g/mol. The molecule has 2 aliphatic heterocycles. The maximum absolute atomic E-state index is 13.0. The van der Waals surface area contributed by atoms with Crippen LogP contribution in [0.3, 0.4) is 0 Å². The van der Waals surface area contributed by atoms with Crippen molar-refractivity contribution in [3.63, 3.8) is 0 Å². The largest absolute Gasteiger partial charge is 0.480 e. The summed E-state index contributed by atoms with van der Waals surface area (Å²) in [6.45, 7) is 5.49. The van der Waals surface area contributed by atoms with Gasteiger partial charge in [0.05, 0.1) is 5.92 Å². The van der Waals surface area contributed by atoms with Gasteiger partial charge in [0.2, 0.25) is 5.91 Å². The predicted molar refractivity (Wildman–Crippen MR) is 101 cm³/mol. The van der Waals surface area contributed by atoms with Crippen molar-refractivity contribution in [1.29, 1.82) is 0 Å². The van der Waals surface area contributed by atoms with Crippen LogP contribution in [0.4, 0.5) is 0 Å². The van der Waals surface area contributed by atoms with Crippen molar-refractivity contribution in [3.05, 3.63) is 35.4 Å². The van der Waals surface area contributed by atoms with Crippen LogP contribution < -0.4 is 0 Å². The van der Waals surface area contributed by atoms with E-state index in [1.54, 1.807) is 4.90 Å². The lowest BCUT2D eigenvalue weighted by molar-refractivity contribution is -0.155. The normalized spacial score (nSPS) is 25.9. The number of aryl methyl sites for hydroxylation is 1. The Morgan fingerprint density at radius 2 is 1.78 bits per heavy atom. The third-order valence-electron chi connectivity index (χ3n) is 5.79. The van der Waals surface area contributed by atoms with Crippen molar-refractivity contribution < 1.29 is 19.5 Å². The number of carbonyl (C=O) groups is 3. The quantitative estimate of drug-likeness (QED) is 0.885. The molecule has 0 bridgehead atoms. The molecule has 0 aromatic heterocycles. The third kappa shape index (κ3) is 4.31. The first kappa shape index (κ1) is 19.4. The highest BCUT2D eigenvalue weighted by atomic mass is 16.4. The number of nitrogens with zero attached hydrogens (tertiary/aromatic N) is 2. The highest BCUT2D eigenvalue weighted by Gasteiger charge is 2.39. The summed E-state index contributed by atoms with van der Waals surface area (Å²) in [6.07, 6.45) is 2.79. The molecule has 6 nitrogen and oxygen atoms in total. The number of benzene rings is 1. The zero-order chi connectivity index (χ0) is 19.6. The molecular formula is C21H28N2O4. The molecule has 3 atom stereocenters. The van der Waals surface area contributed by atoms with Crippen LogP contribution in [0, 0.1) is 18.8 Å². The van der Waals surface area contributed by atoms with Gasteiger partial charge in [0, 0.05) is 25.2 Å². The Morgan fingerprint density at radius 3 is 2.44 bits per heavy atom. The Balaban J connectivity index is 1.69. The van der Waals surface area contributed by atoms with E-state index in [0.29, 0.717) is 44.0 Å². The van der Waals surface area contributed by atoms with Gasteiger partial charge in [0.15, 0.2) is 0 Å². The van der Waals surface area contributed by atoms with Gasteiger partial charge in [-0.3, -0.25) is 9.59 Å². The molecule has 146 valence electrons. The second kappa shape index (κ2) is 8.11. The van der Waals surface area contributed by atoms with Gasteiger partial charge in [-0.1, -0.05) is 24.6 Å². The van der Waals surface area contributed by atoms with Gasteiger partial charge in [-0.25, -0.2) is 4.79 Å². The van der Waals surface area contributed by atoms with Crippen LogP contribution in [0.2, 0.25) is 0 Å². The van der Waals surface area contributed by atoms with Gasteiger partial charge in [-0.2, -0.15) is 0 Å². The topological polar surface area (TPSA) is 77.9 Å². The molecule has 6 heteroatoms. The minimum absolute atomic E-state index is 0.0606. The van der Waals surface area contributed by atoms with E-state index in [-0.39, 0.29) is 17.7 Å². The van der Waals surface area contributed by atoms with Crippen LogP contribution in [-0.4, -0.2) is 58.4 Å². The molecule has 0 spiro atoms. The maximum Gasteiger partial charge on any atom is 0.326 e. The van der Waals surface area contributed by atoms with Gasteiger partial charge in [-0.15, -0.1) is 0 Å². The van der Waals surface area contributed by atoms with E-state index < -0.39 is 12.0 Å². The molecule has 3 unspecified atom stereocenters. The fraction of sp³-hybridized carbons (Fsp3) is 0.571. The van der Waals surface area contributed by atoms with Crippen molar-refractivity contribution in [3.8, 4) is 0 Å². The lowest BCUT2D eigenvalue weighted by Crippen LogP contribution is -2.54. The van der Waals surface area contributed by atoms with Crippen molar-refractivity contribution in [2.45, 2.75) is 45.6 Å². The van der Waals surface area contributed by atoms with E-state index in [0.717, 1.165) is 18.4 Å². The molecule has 2 fully saturated rings. The SMILES string of the molecule is Cc1ccc(C(=O)N2CCCC(C(=O)N3CCC(C)CC3C(=O)O)C2)cc1. The fourth-order valence-electron chi connectivity index (χ4n) is 4.12. The predicted octanol–water partition coefficient (Wildman–Crippen LogP) is 2.56. The van der Waals surface area contributed by atoms with E-state index in [9.17, 15) is 19.5 Å². The summed E-state index contributed by atoms with van der Waals surface area (Å²) in [5.74, 6) is -1.12. The number of carboxylic acid groups (broad SMARTS) is 1. The van der Waals surface area contributed by atoms with Gasteiger partial charge in [-0.05, 0) is 50.7 Å². The first-order chi connectivity index (χ1) is 12.9. The molecule has 3 rings (SSSR count). The molecule has 1 aromatic carbocycles. The first-order valence-electron chi connectivity index (χ1n) is 9.76. The maximum atomic E-state index is 13.0. The number of carboxylic acids is 1. The van der Waals surface area contributed by atoms with E-state index in [2.05, 4.69) is 0 Å². The summed E-state index contributed by atoms with van der Waals surface area (Å²) in [5.41, 5.74) is 1.72. The average molecular weight is 372 g/mol. The number of carbonyl (C=O) groups excluding carboxylic acids is 2. The standard InChI is InChI=1S/C21H28N2O4/c1-14-5-7-16(8-6-14)19(24)22-10-3-4-17(13-22)20(25)23-11-9-15(2)12-18(23)21(26)27/h5-8,15,17-18H,3-4,9-13H2,1-2H3,(H,26,27). The van der Waals surface area contributed by atoms with Crippen LogP contribution in [0.5, 0.6) is 0 Å². The van der Waals surface area contributed by atoms with Gasteiger partial charge < -0.3 is 14.9 Å². The Bertz CT molecular complexity index is 715. The molecular weight excluding hydrogens is 344 g/mol. The Kier molecular flexibility index (Phi) is 5.82. The number of amides is 2. The molecule has 27 heavy (non-hydrogen) atoms. The van der Waals surface area contributed by atoms with E-state index in [4.69, 9.17) is 0 Å². The minimum atomic E-state index is -0.932. The first-order valence-corrected chi connectivity index (χ1v) is 9.76. The van der Waals surface area contributed by atoms with Crippen LogP contribution in [0.15, 0.2) is 24.3 Å². The summed E-state index contributed by atoms with van der Waals surface area (Å²) in [6, 6.07) is 6.70. The lowest BCUT2D eigenvalue weighted by Gasteiger charge is -2.40. The molecule has 2 aliphatic rings. The number of rotatable bonds is 3. The number of hydrogen-bond donors (Lipinski definition) is 1. The summed E-state index contributed by atoms with van der Waals surface area (Å²) in [5, 5.41) is 9.53. The summed E-state index contributed by atoms with van der Waals surface area (Å²) < 4.78 is 0. The second-order valence-corrected chi connectivity index (χ2v) is 7.97. The van der Waals surface area contributed by atoms with Crippen LogP contribution in [-0.2, 0) is 9.59 Å². The number of hydrogen-bond acceptors (Lipinski definition) is 3. The van der Waals surface area contributed by atoms with Crippen LogP contribution in [0.25, 0.3) is 0 Å². The van der Waals surface area contributed by atoms with Crippen molar-refractivity contribution in [2.75, 3.05) is 19.6 Å². The minimum Gasteiger partial charge on any atom is -0.480 e. The molecule has 0 aliphatic carbocycles. The number of piperidine rings is 2. The van der Waals surface area contributed by atoms with Crippen molar-refractivity contribution >= 4 is 17.8 Å². The third-order valence-corrected chi connectivity index (χ3v) is 5.79. The molecule has 1 N–H and O–H groups in total. The summed E-state index contributed by atoms with van der Waals surface area (Å²) in [7, 11) is 0. The summed E-state index contributed by atoms with van der Waals surface area (Å²) in [4.78, 5) is 40.7. The highest BCUT2D eigenvalue weighted by Crippen LogP contribution is 2.27. The molecule has 0 radical (unpaired) electrons. The van der Waals surface area contributed by atoms with E-state index in [1.165, 1.54) is 4.90 Å². The van der Waals surface area contributed by atoms with Crippen molar-refractivity contribution in [2.24, 2.45) is 11.8 Å². The fourth-order valence-corrected chi connectivity index (χ4v) is 4.12. The Hall–Kier alpha value is -2.37. The number of aliphatic carboxylic acids is 1. The van der Waals surface area contributed by atoms with Crippen LogP contribution in [0.1, 0.15) is 48.5 Å². The summed E-state index contributed by atoms with van der Waals surface area (Å²) >= 11 is 0. The Morgan fingerprint density at radius 1 is 1.07 bits per heavy atom. The second-order valence-electron chi connectivity index (χ2n) is 7.97. The Labute approximate surface area is 160 Å². The zero-order valence-corrected chi connectivity index (χ0v) is 16.1. The van der Waals surface area contributed by atoms with E-state index >= 15 is 0 Å². The lowest BCUT2D eigenvalue weighted by atomic mass is 9.89. The molecule has 2 heterocycles. The van der Waals surface area contributed by atoms with Crippen molar-refractivity contribution in [1.82, 2.24) is 9.80 Å². The van der Waals surface area contributed by atoms with E-state index in [1.807, 2.05) is 38.1 Å². The zero-order valence-electron chi connectivity index (χ0n) is 16.1.